The lowest BCUT2D eigenvalue weighted by Gasteiger charge is -2.10. The van der Waals surface area contributed by atoms with E-state index in [9.17, 15) is 13.6 Å². The molecule has 26 heavy (non-hydrogen) atoms. The zero-order valence-corrected chi connectivity index (χ0v) is 13.7. The van der Waals surface area contributed by atoms with Gasteiger partial charge in [0.15, 0.2) is 11.6 Å². The summed E-state index contributed by atoms with van der Waals surface area (Å²) in [6.45, 7) is 0.629. The Labute approximate surface area is 148 Å². The fraction of sp³-hybridized carbons (Fsp3) is 0.100. The number of halogens is 2. The number of hydrogen-bond donors (Lipinski definition) is 2. The second-order valence-electron chi connectivity index (χ2n) is 6.06. The van der Waals surface area contributed by atoms with E-state index in [4.69, 9.17) is 0 Å². The van der Waals surface area contributed by atoms with E-state index < -0.39 is 11.6 Å². The number of hydrogen-bond acceptors (Lipinski definition) is 2. The lowest BCUT2D eigenvalue weighted by atomic mass is 10.1. The van der Waals surface area contributed by atoms with E-state index in [0.717, 1.165) is 35.5 Å². The zero-order chi connectivity index (χ0) is 18.1. The number of rotatable bonds is 3. The minimum atomic E-state index is -0.885. The molecule has 0 saturated heterocycles. The summed E-state index contributed by atoms with van der Waals surface area (Å²) in [5.41, 5.74) is 4.55. The van der Waals surface area contributed by atoms with E-state index in [1.165, 1.54) is 6.07 Å². The summed E-state index contributed by atoms with van der Waals surface area (Å²) in [7, 11) is 0. The van der Waals surface area contributed by atoms with Crippen LogP contribution >= 0.6 is 0 Å². The van der Waals surface area contributed by atoms with Crippen molar-refractivity contribution in [3.05, 3.63) is 76.7 Å². The highest BCUT2D eigenvalue weighted by Crippen LogP contribution is 2.24. The number of fused-ring (bicyclic) bond motifs is 1. The number of carbonyl (C=O) groups is 1. The Balaban J connectivity index is 1.62. The first-order valence-corrected chi connectivity index (χ1v) is 8.20. The van der Waals surface area contributed by atoms with Crippen molar-refractivity contribution in [1.29, 1.82) is 0 Å². The van der Waals surface area contributed by atoms with Gasteiger partial charge in [-0.3, -0.25) is 9.78 Å². The van der Waals surface area contributed by atoms with Crippen LogP contribution in [0.15, 0.2) is 42.6 Å². The van der Waals surface area contributed by atoms with Gasteiger partial charge in [-0.25, -0.2) is 8.78 Å². The molecule has 4 nitrogen and oxygen atoms in total. The number of aromatic amines is 1. The first-order chi connectivity index (χ1) is 12.6. The Morgan fingerprint density at radius 2 is 1.92 bits per heavy atom. The molecular formula is C20H15F2N3O. The molecule has 6 heteroatoms. The van der Waals surface area contributed by atoms with Gasteiger partial charge in [-0.05, 0) is 42.0 Å². The first-order valence-electron chi connectivity index (χ1n) is 8.20. The van der Waals surface area contributed by atoms with Gasteiger partial charge in [0.25, 0.3) is 5.91 Å². The number of aromatic nitrogens is 2. The summed E-state index contributed by atoms with van der Waals surface area (Å²) >= 11 is 0. The van der Waals surface area contributed by atoms with Crippen LogP contribution in [0.25, 0.3) is 23.4 Å². The maximum atomic E-state index is 13.3. The maximum absolute atomic E-state index is 13.3. The van der Waals surface area contributed by atoms with Crippen LogP contribution < -0.4 is 5.32 Å². The predicted octanol–water partition coefficient (Wildman–Crippen LogP) is 3.81. The van der Waals surface area contributed by atoms with Crippen molar-refractivity contribution in [2.45, 2.75) is 6.42 Å². The van der Waals surface area contributed by atoms with Crippen LogP contribution in [0.5, 0.6) is 0 Å². The van der Waals surface area contributed by atoms with Gasteiger partial charge in [0.2, 0.25) is 0 Å². The highest BCUT2D eigenvalue weighted by atomic mass is 19.2. The molecule has 0 bridgehead atoms. The van der Waals surface area contributed by atoms with Gasteiger partial charge >= 0.3 is 0 Å². The zero-order valence-electron chi connectivity index (χ0n) is 13.7. The van der Waals surface area contributed by atoms with Crippen LogP contribution in [-0.2, 0) is 6.42 Å². The molecule has 0 atom stereocenters. The minimum absolute atomic E-state index is 0.0683. The molecule has 3 aromatic rings. The van der Waals surface area contributed by atoms with Crippen molar-refractivity contribution < 1.29 is 13.6 Å². The Hall–Kier alpha value is -3.28. The third-order valence-electron chi connectivity index (χ3n) is 4.29. The molecule has 0 saturated carbocycles. The highest BCUT2D eigenvalue weighted by Gasteiger charge is 2.19. The molecule has 0 unspecified atom stereocenters. The van der Waals surface area contributed by atoms with Crippen LogP contribution in [0.2, 0.25) is 0 Å². The Morgan fingerprint density at radius 1 is 1.04 bits per heavy atom. The number of H-pyrrole nitrogens is 1. The van der Waals surface area contributed by atoms with E-state index in [0.29, 0.717) is 23.4 Å². The lowest BCUT2D eigenvalue weighted by molar-refractivity contribution is 0.0946. The SMILES string of the molecule is O=C1NCCc2[nH]c(-c3ccnc(C=Cc4ccc(F)c(F)c4)c3)cc21. The minimum Gasteiger partial charge on any atom is -0.358 e. The number of amides is 1. The van der Waals surface area contributed by atoms with Crippen LogP contribution in [-0.4, -0.2) is 22.4 Å². The van der Waals surface area contributed by atoms with Crippen molar-refractivity contribution in [3.8, 4) is 11.3 Å². The van der Waals surface area contributed by atoms with Crippen molar-refractivity contribution >= 4 is 18.1 Å². The third-order valence-corrected chi connectivity index (χ3v) is 4.29. The van der Waals surface area contributed by atoms with E-state index in [2.05, 4.69) is 15.3 Å². The van der Waals surface area contributed by atoms with Crippen LogP contribution in [0.1, 0.15) is 27.3 Å². The Kier molecular flexibility index (Phi) is 4.08. The van der Waals surface area contributed by atoms with Gasteiger partial charge in [-0.1, -0.05) is 12.1 Å². The second kappa shape index (κ2) is 6.55. The number of nitrogens with zero attached hydrogens (tertiary/aromatic N) is 1. The smallest absolute Gasteiger partial charge is 0.253 e. The average Bonchev–Trinajstić information content (AvgIpc) is 3.09. The molecule has 1 aliphatic rings. The van der Waals surface area contributed by atoms with Crippen molar-refractivity contribution in [2.24, 2.45) is 0 Å². The number of pyridine rings is 1. The summed E-state index contributed by atoms with van der Waals surface area (Å²) in [6.07, 6.45) is 5.84. The molecule has 0 radical (unpaired) electrons. The highest BCUT2D eigenvalue weighted by molar-refractivity contribution is 5.97. The normalized spacial score (nSPS) is 13.7. The standard InChI is InChI=1S/C20H15F2N3O/c21-16-4-2-12(9-17(16)22)1-3-14-10-13(5-7-23-14)19-11-15-18(25-19)6-8-24-20(15)26/h1-5,7,9-11,25H,6,8H2,(H,24,26). The molecule has 2 N–H and O–H groups in total. The topological polar surface area (TPSA) is 57.8 Å². The molecule has 0 spiro atoms. The van der Waals surface area contributed by atoms with Crippen LogP contribution in [0.3, 0.4) is 0 Å². The lowest BCUT2D eigenvalue weighted by Crippen LogP contribution is -2.31. The van der Waals surface area contributed by atoms with E-state index in [1.807, 2.05) is 18.2 Å². The van der Waals surface area contributed by atoms with Gasteiger partial charge in [0.05, 0.1) is 11.3 Å². The monoisotopic (exact) mass is 351 g/mol. The molecule has 2 aromatic heterocycles. The van der Waals surface area contributed by atoms with Crippen LogP contribution in [0.4, 0.5) is 8.78 Å². The molecule has 1 amide bonds. The van der Waals surface area contributed by atoms with Crippen molar-refractivity contribution in [2.75, 3.05) is 6.54 Å². The number of benzene rings is 1. The third kappa shape index (κ3) is 3.13. The van der Waals surface area contributed by atoms with Crippen molar-refractivity contribution in [3.63, 3.8) is 0 Å². The molecule has 4 rings (SSSR count). The summed E-state index contributed by atoms with van der Waals surface area (Å²) < 4.78 is 26.3. The quantitative estimate of drug-likeness (QED) is 0.754. The Bertz CT molecular complexity index is 1020. The fourth-order valence-electron chi connectivity index (χ4n) is 2.95. The largest absolute Gasteiger partial charge is 0.358 e. The number of carbonyl (C=O) groups excluding carboxylic acids is 1. The number of nitrogens with one attached hydrogen (secondary N) is 2. The first kappa shape index (κ1) is 16.2. The van der Waals surface area contributed by atoms with E-state index >= 15 is 0 Å². The second-order valence-corrected chi connectivity index (χ2v) is 6.06. The maximum Gasteiger partial charge on any atom is 0.253 e. The average molecular weight is 351 g/mol. The summed E-state index contributed by atoms with van der Waals surface area (Å²) in [5.74, 6) is -1.83. The summed E-state index contributed by atoms with van der Waals surface area (Å²) in [4.78, 5) is 19.5. The molecule has 130 valence electrons. The van der Waals surface area contributed by atoms with Gasteiger partial charge in [-0.2, -0.15) is 0 Å². The Morgan fingerprint density at radius 3 is 2.73 bits per heavy atom. The molecule has 1 aliphatic heterocycles. The van der Waals surface area contributed by atoms with E-state index in [1.54, 1.807) is 18.3 Å². The van der Waals surface area contributed by atoms with Crippen molar-refractivity contribution in [1.82, 2.24) is 15.3 Å². The fourth-order valence-corrected chi connectivity index (χ4v) is 2.95. The summed E-state index contributed by atoms with van der Waals surface area (Å²) in [6, 6.07) is 9.27. The molecule has 3 heterocycles. The van der Waals surface area contributed by atoms with Gasteiger partial charge < -0.3 is 10.3 Å². The van der Waals surface area contributed by atoms with Gasteiger partial charge in [0.1, 0.15) is 0 Å². The van der Waals surface area contributed by atoms with Crippen LogP contribution in [0, 0.1) is 11.6 Å². The van der Waals surface area contributed by atoms with Gasteiger partial charge in [0, 0.05) is 36.1 Å². The summed E-state index contributed by atoms with van der Waals surface area (Å²) in [5, 5.41) is 2.82. The molecule has 0 aliphatic carbocycles. The molecule has 0 fully saturated rings. The van der Waals surface area contributed by atoms with E-state index in [-0.39, 0.29) is 5.91 Å². The molecular weight excluding hydrogens is 336 g/mol. The predicted molar refractivity (Wildman–Crippen MR) is 95.3 cm³/mol. The van der Waals surface area contributed by atoms with Gasteiger partial charge in [-0.15, -0.1) is 0 Å². The molecule has 1 aromatic carbocycles.